The third kappa shape index (κ3) is 6.36. The first-order valence-corrected chi connectivity index (χ1v) is 9.20. The highest BCUT2D eigenvalue weighted by atomic mass is 79.9. The minimum absolute atomic E-state index is 0.0786. The quantitative estimate of drug-likeness (QED) is 0.639. The fourth-order valence-electron chi connectivity index (χ4n) is 2.38. The van der Waals surface area contributed by atoms with Crippen molar-refractivity contribution in [1.82, 2.24) is 5.32 Å². The van der Waals surface area contributed by atoms with Crippen LogP contribution in [0.4, 0.5) is 0 Å². The van der Waals surface area contributed by atoms with Gasteiger partial charge in [0, 0.05) is 13.0 Å². The minimum atomic E-state index is 0.0786. The molecule has 2 rings (SSSR count). The van der Waals surface area contributed by atoms with Crippen LogP contribution in [-0.4, -0.2) is 19.1 Å². The topological polar surface area (TPSA) is 38.3 Å². The molecule has 0 unspecified atom stereocenters. The van der Waals surface area contributed by atoms with Crippen LogP contribution in [0.2, 0.25) is 0 Å². The van der Waals surface area contributed by atoms with Crippen LogP contribution in [0.15, 0.2) is 53.0 Å². The summed E-state index contributed by atoms with van der Waals surface area (Å²) in [7, 11) is 0. The van der Waals surface area contributed by atoms with Gasteiger partial charge >= 0.3 is 0 Å². The number of amides is 1. The van der Waals surface area contributed by atoms with Gasteiger partial charge in [0.25, 0.3) is 0 Å². The summed E-state index contributed by atoms with van der Waals surface area (Å²) in [6.45, 7) is 3.34. The Morgan fingerprint density at radius 3 is 2.62 bits per heavy atom. The average molecular weight is 390 g/mol. The zero-order valence-electron chi connectivity index (χ0n) is 14.1. The first-order valence-electron chi connectivity index (χ1n) is 8.41. The molecular formula is C20H24BrNO2. The van der Waals surface area contributed by atoms with Gasteiger partial charge < -0.3 is 10.1 Å². The lowest BCUT2D eigenvalue weighted by atomic mass is 10.1. The molecule has 0 heterocycles. The molecule has 0 spiro atoms. The molecule has 3 nitrogen and oxygen atoms in total. The predicted octanol–water partition coefficient (Wildman–Crippen LogP) is 4.53. The second kappa shape index (κ2) is 10.1. The Bertz CT molecular complexity index is 643. The van der Waals surface area contributed by atoms with Crippen LogP contribution in [0.5, 0.6) is 5.75 Å². The summed E-state index contributed by atoms with van der Waals surface area (Å²) in [6.07, 6.45) is 3.06. The monoisotopic (exact) mass is 389 g/mol. The third-order valence-corrected chi connectivity index (χ3v) is 4.41. The van der Waals surface area contributed by atoms with E-state index >= 15 is 0 Å². The maximum atomic E-state index is 11.8. The molecule has 0 aliphatic carbocycles. The Morgan fingerprint density at radius 2 is 1.92 bits per heavy atom. The zero-order valence-corrected chi connectivity index (χ0v) is 15.6. The molecule has 1 amide bonds. The van der Waals surface area contributed by atoms with E-state index in [1.54, 1.807) is 0 Å². The molecule has 2 aromatic carbocycles. The van der Waals surface area contributed by atoms with Crippen LogP contribution in [0, 0.1) is 0 Å². The number of benzene rings is 2. The second-order valence-corrected chi connectivity index (χ2v) is 6.51. The van der Waals surface area contributed by atoms with Gasteiger partial charge in [0.05, 0.1) is 11.1 Å². The van der Waals surface area contributed by atoms with Crippen molar-refractivity contribution in [2.45, 2.75) is 32.6 Å². The lowest BCUT2D eigenvalue weighted by Gasteiger charge is -2.09. The number of carbonyl (C=O) groups is 1. The molecule has 0 aliphatic rings. The summed E-state index contributed by atoms with van der Waals surface area (Å²) >= 11 is 3.52. The molecule has 0 atom stereocenters. The van der Waals surface area contributed by atoms with E-state index in [1.807, 2.05) is 24.3 Å². The Kier molecular flexibility index (Phi) is 7.83. The molecule has 0 aliphatic heterocycles. The SMILES string of the molecule is CCc1ccc(OCCCC(=O)NCCc2ccccc2)c(Br)c1. The molecule has 24 heavy (non-hydrogen) atoms. The standard InChI is InChI=1S/C20H24BrNO2/c1-2-16-10-11-19(18(21)15-16)24-14-6-9-20(23)22-13-12-17-7-4-3-5-8-17/h3-5,7-8,10-11,15H,2,6,9,12-14H2,1H3,(H,22,23). The van der Waals surface area contributed by atoms with E-state index in [0.29, 0.717) is 26.0 Å². The van der Waals surface area contributed by atoms with Crippen molar-refractivity contribution in [3.8, 4) is 5.75 Å². The van der Waals surface area contributed by atoms with Gasteiger partial charge in [0.2, 0.25) is 5.91 Å². The molecule has 0 saturated carbocycles. The summed E-state index contributed by atoms with van der Waals surface area (Å²) in [5.41, 5.74) is 2.51. The fraction of sp³-hybridized carbons (Fsp3) is 0.350. The van der Waals surface area contributed by atoms with Crippen LogP contribution < -0.4 is 10.1 Å². The number of ether oxygens (including phenoxy) is 1. The molecular weight excluding hydrogens is 366 g/mol. The molecule has 0 radical (unpaired) electrons. The number of carbonyl (C=O) groups excluding carboxylic acids is 1. The van der Waals surface area contributed by atoms with Crippen LogP contribution in [-0.2, 0) is 17.6 Å². The number of nitrogens with one attached hydrogen (secondary N) is 1. The van der Waals surface area contributed by atoms with Crippen molar-refractivity contribution in [3.63, 3.8) is 0 Å². The van der Waals surface area contributed by atoms with Crippen LogP contribution in [0.3, 0.4) is 0 Å². The summed E-state index contributed by atoms with van der Waals surface area (Å²) < 4.78 is 6.70. The van der Waals surface area contributed by atoms with Gasteiger partial charge in [0.1, 0.15) is 5.75 Å². The van der Waals surface area contributed by atoms with E-state index in [0.717, 1.165) is 23.1 Å². The van der Waals surface area contributed by atoms with E-state index in [9.17, 15) is 4.79 Å². The van der Waals surface area contributed by atoms with Crippen molar-refractivity contribution >= 4 is 21.8 Å². The fourth-order valence-corrected chi connectivity index (χ4v) is 2.92. The summed E-state index contributed by atoms with van der Waals surface area (Å²) in [6, 6.07) is 16.3. The second-order valence-electron chi connectivity index (χ2n) is 5.66. The molecule has 0 fully saturated rings. The molecule has 0 bridgehead atoms. The van der Waals surface area contributed by atoms with Crippen molar-refractivity contribution < 1.29 is 9.53 Å². The van der Waals surface area contributed by atoms with Crippen LogP contribution in [0.1, 0.15) is 30.9 Å². The maximum Gasteiger partial charge on any atom is 0.220 e. The summed E-state index contributed by atoms with van der Waals surface area (Å²) in [5, 5.41) is 2.95. The minimum Gasteiger partial charge on any atom is -0.492 e. The van der Waals surface area contributed by atoms with E-state index in [2.05, 4.69) is 52.4 Å². The average Bonchev–Trinajstić information content (AvgIpc) is 2.60. The molecule has 4 heteroatoms. The van der Waals surface area contributed by atoms with Crippen molar-refractivity contribution in [3.05, 3.63) is 64.1 Å². The Labute approximate surface area is 152 Å². The summed E-state index contributed by atoms with van der Waals surface area (Å²) in [4.78, 5) is 11.8. The first kappa shape index (κ1) is 18.5. The van der Waals surface area contributed by atoms with Crippen LogP contribution in [0.25, 0.3) is 0 Å². The number of aryl methyl sites for hydroxylation is 1. The summed E-state index contributed by atoms with van der Waals surface area (Å²) in [5.74, 6) is 0.909. The van der Waals surface area contributed by atoms with Gasteiger partial charge in [-0.15, -0.1) is 0 Å². The molecule has 1 N–H and O–H groups in total. The van der Waals surface area contributed by atoms with Crippen molar-refractivity contribution in [2.75, 3.05) is 13.2 Å². The highest BCUT2D eigenvalue weighted by molar-refractivity contribution is 9.10. The number of hydrogen-bond donors (Lipinski definition) is 1. The normalized spacial score (nSPS) is 10.4. The molecule has 0 aromatic heterocycles. The van der Waals surface area contributed by atoms with Gasteiger partial charge in [-0.25, -0.2) is 0 Å². The van der Waals surface area contributed by atoms with E-state index in [1.165, 1.54) is 11.1 Å². The number of hydrogen-bond acceptors (Lipinski definition) is 2. The van der Waals surface area contributed by atoms with Gasteiger partial charge in [-0.05, 0) is 58.5 Å². The van der Waals surface area contributed by atoms with Gasteiger partial charge in [0.15, 0.2) is 0 Å². The van der Waals surface area contributed by atoms with Gasteiger partial charge in [-0.3, -0.25) is 4.79 Å². The van der Waals surface area contributed by atoms with Crippen molar-refractivity contribution in [2.24, 2.45) is 0 Å². The molecule has 2 aromatic rings. The third-order valence-electron chi connectivity index (χ3n) is 3.79. The lowest BCUT2D eigenvalue weighted by Crippen LogP contribution is -2.25. The maximum absolute atomic E-state index is 11.8. The van der Waals surface area contributed by atoms with Crippen LogP contribution >= 0.6 is 15.9 Å². The van der Waals surface area contributed by atoms with Gasteiger partial charge in [-0.2, -0.15) is 0 Å². The van der Waals surface area contributed by atoms with Crippen molar-refractivity contribution in [1.29, 1.82) is 0 Å². The highest BCUT2D eigenvalue weighted by Crippen LogP contribution is 2.26. The number of rotatable bonds is 9. The Balaban J connectivity index is 1.61. The largest absolute Gasteiger partial charge is 0.492 e. The Hall–Kier alpha value is -1.81. The zero-order chi connectivity index (χ0) is 17.2. The predicted molar refractivity (Wildman–Crippen MR) is 101 cm³/mol. The van der Waals surface area contributed by atoms with E-state index in [4.69, 9.17) is 4.74 Å². The van der Waals surface area contributed by atoms with E-state index in [-0.39, 0.29) is 5.91 Å². The smallest absolute Gasteiger partial charge is 0.220 e. The lowest BCUT2D eigenvalue weighted by molar-refractivity contribution is -0.121. The van der Waals surface area contributed by atoms with Gasteiger partial charge in [-0.1, -0.05) is 43.3 Å². The number of halogens is 1. The molecule has 128 valence electrons. The Morgan fingerprint density at radius 1 is 1.12 bits per heavy atom. The van der Waals surface area contributed by atoms with E-state index < -0.39 is 0 Å². The molecule has 0 saturated heterocycles. The highest BCUT2D eigenvalue weighted by Gasteiger charge is 2.04. The first-order chi connectivity index (χ1) is 11.7.